The van der Waals surface area contributed by atoms with Crippen molar-refractivity contribution in [3.63, 3.8) is 0 Å². The average Bonchev–Trinajstić information content (AvgIpc) is 2.01. The molecule has 0 nitrogen and oxygen atoms in total. The van der Waals surface area contributed by atoms with Crippen LogP contribution in [0.4, 0.5) is 0 Å². The van der Waals surface area contributed by atoms with Crippen LogP contribution in [-0.2, 0) is 0 Å². The van der Waals surface area contributed by atoms with Crippen LogP contribution in [0.3, 0.4) is 0 Å². The van der Waals surface area contributed by atoms with Crippen molar-refractivity contribution >= 4 is 0 Å². The minimum Gasteiger partial charge on any atom is -0.103 e. The minimum absolute atomic E-state index is 0.711. The fourth-order valence-corrected chi connectivity index (χ4v) is 1.82. The van der Waals surface area contributed by atoms with Crippen LogP contribution >= 0.6 is 0 Å². The highest BCUT2D eigenvalue weighted by Gasteiger charge is 2.07. The van der Waals surface area contributed by atoms with Crippen LogP contribution in [0.2, 0.25) is 0 Å². The van der Waals surface area contributed by atoms with Gasteiger partial charge in [-0.05, 0) is 31.6 Å². The maximum atomic E-state index is 3.43. The van der Waals surface area contributed by atoms with Crippen LogP contribution in [0.15, 0.2) is 0 Å². The molecule has 1 atom stereocenters. The predicted molar refractivity (Wildman–Crippen MR) is 58.4 cm³/mol. The molecule has 0 aromatic carbocycles. The Balaban J connectivity index is 2.28. The lowest BCUT2D eigenvalue weighted by Gasteiger charge is -2.13. The van der Waals surface area contributed by atoms with Gasteiger partial charge in [-0.3, -0.25) is 0 Å². The molecule has 0 saturated heterocycles. The van der Waals surface area contributed by atoms with Gasteiger partial charge in [0.05, 0.1) is 0 Å². The lowest BCUT2D eigenvalue weighted by molar-refractivity contribution is 0.450. The molecule has 0 bridgehead atoms. The van der Waals surface area contributed by atoms with E-state index in [2.05, 4.69) is 25.7 Å². The standard InChI is InChI=1S/C13H22/c1-12(2)10-11-13-8-6-4-3-5-7-9-13/h12-13H,3-6,8,10-11H2,1-2H3. The highest BCUT2D eigenvalue weighted by Crippen LogP contribution is 2.19. The van der Waals surface area contributed by atoms with E-state index < -0.39 is 0 Å². The summed E-state index contributed by atoms with van der Waals surface area (Å²) in [5.74, 6) is 8.29. The molecular weight excluding hydrogens is 156 g/mol. The van der Waals surface area contributed by atoms with Crippen molar-refractivity contribution < 1.29 is 0 Å². The summed E-state index contributed by atoms with van der Waals surface area (Å²) in [4.78, 5) is 0. The molecule has 0 aromatic heterocycles. The van der Waals surface area contributed by atoms with Crippen molar-refractivity contribution in [2.75, 3.05) is 0 Å². The second kappa shape index (κ2) is 6.08. The molecule has 0 amide bonds. The van der Waals surface area contributed by atoms with E-state index in [4.69, 9.17) is 0 Å². The Bertz CT molecular complexity index is 180. The van der Waals surface area contributed by atoms with E-state index in [1.807, 2.05) is 0 Å². The highest BCUT2D eigenvalue weighted by atomic mass is 14.1. The first kappa shape index (κ1) is 10.6. The second-order valence-corrected chi connectivity index (χ2v) is 4.59. The summed E-state index contributed by atoms with van der Waals surface area (Å²) in [6, 6.07) is 0. The summed E-state index contributed by atoms with van der Waals surface area (Å²) >= 11 is 0. The van der Waals surface area contributed by atoms with E-state index in [1.165, 1.54) is 38.5 Å². The van der Waals surface area contributed by atoms with E-state index in [0.717, 1.165) is 12.3 Å². The third kappa shape index (κ3) is 4.98. The topological polar surface area (TPSA) is 0 Å². The van der Waals surface area contributed by atoms with Gasteiger partial charge in [0.1, 0.15) is 0 Å². The van der Waals surface area contributed by atoms with E-state index in [1.54, 1.807) is 0 Å². The Morgan fingerprint density at radius 1 is 1.23 bits per heavy atom. The largest absolute Gasteiger partial charge is 0.103 e. The summed E-state index contributed by atoms with van der Waals surface area (Å²) in [5, 5.41) is 0. The molecule has 0 spiro atoms. The summed E-state index contributed by atoms with van der Waals surface area (Å²) in [7, 11) is 0. The van der Waals surface area contributed by atoms with Gasteiger partial charge in [-0.2, -0.15) is 0 Å². The van der Waals surface area contributed by atoms with Gasteiger partial charge in [0.15, 0.2) is 0 Å². The predicted octanol–water partition coefficient (Wildman–Crippen LogP) is 4.01. The Morgan fingerprint density at radius 2 is 2.08 bits per heavy atom. The average molecular weight is 178 g/mol. The Hall–Kier alpha value is -0.440. The lowest BCUT2D eigenvalue weighted by Crippen LogP contribution is -2.01. The maximum Gasteiger partial charge on any atom is 0.0203 e. The van der Waals surface area contributed by atoms with Crippen molar-refractivity contribution in [1.29, 1.82) is 0 Å². The van der Waals surface area contributed by atoms with Gasteiger partial charge in [-0.15, -0.1) is 5.92 Å². The van der Waals surface area contributed by atoms with Crippen LogP contribution in [0.25, 0.3) is 0 Å². The Morgan fingerprint density at radius 3 is 2.85 bits per heavy atom. The lowest BCUT2D eigenvalue weighted by atomic mass is 9.92. The highest BCUT2D eigenvalue weighted by molar-refractivity contribution is 5.04. The molecule has 0 radical (unpaired) electrons. The first-order valence-electron chi connectivity index (χ1n) is 5.77. The zero-order chi connectivity index (χ0) is 9.52. The summed E-state index contributed by atoms with van der Waals surface area (Å²) in [6.45, 7) is 4.60. The number of hydrogen-bond donors (Lipinski definition) is 0. The second-order valence-electron chi connectivity index (χ2n) is 4.59. The molecule has 1 aliphatic rings. The third-order valence-corrected chi connectivity index (χ3v) is 2.75. The molecule has 13 heavy (non-hydrogen) atoms. The smallest absolute Gasteiger partial charge is 0.0203 e. The van der Waals surface area contributed by atoms with Gasteiger partial charge in [0.25, 0.3) is 0 Å². The molecule has 0 N–H and O–H groups in total. The molecular formula is C13H22. The van der Waals surface area contributed by atoms with Crippen molar-refractivity contribution in [2.45, 2.75) is 58.8 Å². The zero-order valence-electron chi connectivity index (χ0n) is 9.10. The first-order chi connectivity index (χ1) is 6.29. The molecule has 0 aliphatic heterocycles. The zero-order valence-corrected chi connectivity index (χ0v) is 9.10. The van der Waals surface area contributed by atoms with Crippen LogP contribution in [0.1, 0.15) is 58.8 Å². The third-order valence-electron chi connectivity index (χ3n) is 2.75. The molecule has 0 fully saturated rings. The van der Waals surface area contributed by atoms with Crippen molar-refractivity contribution in [3.8, 4) is 11.8 Å². The van der Waals surface area contributed by atoms with E-state index in [0.29, 0.717) is 5.92 Å². The van der Waals surface area contributed by atoms with E-state index >= 15 is 0 Å². The molecule has 1 unspecified atom stereocenters. The molecule has 1 rings (SSSR count). The fraction of sp³-hybridized carbons (Fsp3) is 0.846. The molecule has 0 heterocycles. The van der Waals surface area contributed by atoms with Crippen molar-refractivity contribution in [1.82, 2.24) is 0 Å². The van der Waals surface area contributed by atoms with E-state index in [9.17, 15) is 0 Å². The van der Waals surface area contributed by atoms with Gasteiger partial charge >= 0.3 is 0 Å². The summed E-state index contributed by atoms with van der Waals surface area (Å²) < 4.78 is 0. The molecule has 0 aromatic rings. The summed E-state index contributed by atoms with van der Waals surface area (Å²) in [5.41, 5.74) is 0. The fourth-order valence-electron chi connectivity index (χ4n) is 1.82. The monoisotopic (exact) mass is 178 g/mol. The van der Waals surface area contributed by atoms with Gasteiger partial charge < -0.3 is 0 Å². The molecule has 1 aliphatic carbocycles. The maximum absolute atomic E-state index is 3.43. The van der Waals surface area contributed by atoms with Gasteiger partial charge in [0.2, 0.25) is 0 Å². The Labute approximate surface area is 83.1 Å². The number of rotatable bonds is 3. The van der Waals surface area contributed by atoms with Crippen molar-refractivity contribution in [2.24, 2.45) is 11.8 Å². The van der Waals surface area contributed by atoms with Gasteiger partial charge in [0, 0.05) is 12.3 Å². The van der Waals surface area contributed by atoms with Crippen LogP contribution in [0, 0.1) is 23.7 Å². The summed E-state index contributed by atoms with van der Waals surface area (Å²) in [6.07, 6.45) is 9.27. The van der Waals surface area contributed by atoms with Gasteiger partial charge in [-0.25, -0.2) is 0 Å². The van der Waals surface area contributed by atoms with Gasteiger partial charge in [-0.1, -0.05) is 32.6 Å². The first-order valence-corrected chi connectivity index (χ1v) is 5.77. The number of hydrogen-bond acceptors (Lipinski definition) is 0. The SMILES string of the molecule is CC(C)CCC1C#CCCCCC1. The van der Waals surface area contributed by atoms with E-state index in [-0.39, 0.29) is 0 Å². The molecule has 0 saturated carbocycles. The minimum atomic E-state index is 0.711. The normalized spacial score (nSPS) is 23.2. The molecule has 74 valence electrons. The quantitative estimate of drug-likeness (QED) is 0.573. The van der Waals surface area contributed by atoms with Crippen molar-refractivity contribution in [3.05, 3.63) is 0 Å². The Kier molecular flexibility index (Phi) is 4.98. The van der Waals surface area contributed by atoms with Crippen LogP contribution in [-0.4, -0.2) is 0 Å². The molecule has 0 heteroatoms. The van der Waals surface area contributed by atoms with Crippen LogP contribution < -0.4 is 0 Å². The van der Waals surface area contributed by atoms with Crippen LogP contribution in [0.5, 0.6) is 0 Å².